The van der Waals surface area contributed by atoms with Crippen LogP contribution in [0.2, 0.25) is 0 Å². The molecule has 0 saturated heterocycles. The Morgan fingerprint density at radius 3 is 2.12 bits per heavy atom. The van der Waals surface area contributed by atoms with Crippen LogP contribution >= 0.6 is 0 Å². The molecule has 17 heavy (non-hydrogen) atoms. The molecule has 1 rings (SSSR count). The van der Waals surface area contributed by atoms with Crippen molar-refractivity contribution < 1.29 is 0 Å². The van der Waals surface area contributed by atoms with Crippen LogP contribution in [0.1, 0.15) is 64.7 Å². The molecule has 0 aliphatic heterocycles. The first-order valence-electron chi connectivity index (χ1n) is 7.12. The quantitative estimate of drug-likeness (QED) is 0.625. The van der Waals surface area contributed by atoms with Gasteiger partial charge >= 0.3 is 0 Å². The fourth-order valence-corrected chi connectivity index (χ4v) is 2.09. The fourth-order valence-electron chi connectivity index (χ4n) is 2.09. The van der Waals surface area contributed by atoms with Gasteiger partial charge in [-0.1, -0.05) is 58.3 Å². The largest absolute Gasteiger partial charge is 0.382 e. The molecule has 3 nitrogen and oxygen atoms in total. The Morgan fingerprint density at radius 1 is 1.00 bits per heavy atom. The van der Waals surface area contributed by atoms with Crippen LogP contribution in [-0.4, -0.2) is 9.78 Å². The summed E-state index contributed by atoms with van der Waals surface area (Å²) in [5.41, 5.74) is 5.56. The smallest absolute Gasteiger partial charge is 0.145 e. The van der Waals surface area contributed by atoms with Crippen molar-refractivity contribution in [2.24, 2.45) is 0 Å². The highest BCUT2D eigenvalue weighted by molar-refractivity contribution is 5.23. The van der Waals surface area contributed by atoms with E-state index in [4.69, 9.17) is 5.73 Å². The zero-order chi connectivity index (χ0) is 12.3. The average molecular weight is 237 g/mol. The second-order valence-electron chi connectivity index (χ2n) is 4.83. The van der Waals surface area contributed by atoms with Gasteiger partial charge in [0, 0.05) is 12.7 Å². The lowest BCUT2D eigenvalue weighted by molar-refractivity contribution is 0.518. The molecule has 1 aromatic heterocycles. The maximum Gasteiger partial charge on any atom is 0.145 e. The van der Waals surface area contributed by atoms with Gasteiger partial charge in [-0.25, -0.2) is 0 Å². The first-order valence-corrected chi connectivity index (χ1v) is 7.12. The van der Waals surface area contributed by atoms with Crippen molar-refractivity contribution in [2.45, 2.75) is 71.3 Å². The van der Waals surface area contributed by atoms with Gasteiger partial charge in [0.15, 0.2) is 0 Å². The minimum Gasteiger partial charge on any atom is -0.382 e. The predicted molar refractivity (Wildman–Crippen MR) is 73.9 cm³/mol. The highest BCUT2D eigenvalue weighted by Crippen LogP contribution is 2.10. The summed E-state index contributed by atoms with van der Waals surface area (Å²) in [5, 5.41) is 4.17. The van der Waals surface area contributed by atoms with Crippen LogP contribution in [0.5, 0.6) is 0 Å². The van der Waals surface area contributed by atoms with E-state index >= 15 is 0 Å². The molecule has 0 spiro atoms. The maximum atomic E-state index is 5.56. The van der Waals surface area contributed by atoms with Gasteiger partial charge in [0.2, 0.25) is 0 Å². The topological polar surface area (TPSA) is 43.8 Å². The monoisotopic (exact) mass is 237 g/mol. The average Bonchev–Trinajstić information content (AvgIpc) is 2.73. The van der Waals surface area contributed by atoms with Gasteiger partial charge in [-0.05, 0) is 12.5 Å². The molecular weight excluding hydrogens is 210 g/mol. The van der Waals surface area contributed by atoms with Gasteiger partial charge in [-0.3, -0.25) is 4.68 Å². The van der Waals surface area contributed by atoms with Crippen molar-refractivity contribution in [3.63, 3.8) is 0 Å². The highest BCUT2D eigenvalue weighted by atomic mass is 15.3. The number of hydrogen-bond acceptors (Lipinski definition) is 2. The second kappa shape index (κ2) is 9.08. The van der Waals surface area contributed by atoms with Crippen LogP contribution in [0.3, 0.4) is 0 Å². The van der Waals surface area contributed by atoms with Crippen LogP contribution < -0.4 is 5.73 Å². The zero-order valence-corrected chi connectivity index (χ0v) is 11.2. The van der Waals surface area contributed by atoms with Crippen molar-refractivity contribution in [3.8, 4) is 0 Å². The fraction of sp³-hybridized carbons (Fsp3) is 0.786. The Bertz CT molecular complexity index is 281. The second-order valence-corrected chi connectivity index (χ2v) is 4.83. The normalized spacial score (nSPS) is 10.9. The summed E-state index contributed by atoms with van der Waals surface area (Å²) in [7, 11) is 0. The van der Waals surface area contributed by atoms with Gasteiger partial charge in [0.1, 0.15) is 5.82 Å². The molecule has 0 amide bonds. The van der Waals surface area contributed by atoms with Gasteiger partial charge in [0.05, 0.1) is 0 Å². The van der Waals surface area contributed by atoms with Crippen molar-refractivity contribution in [3.05, 3.63) is 12.3 Å². The zero-order valence-electron chi connectivity index (χ0n) is 11.2. The van der Waals surface area contributed by atoms with Crippen LogP contribution in [0, 0.1) is 0 Å². The first kappa shape index (κ1) is 14.1. The summed E-state index contributed by atoms with van der Waals surface area (Å²) in [6.07, 6.45) is 14.2. The van der Waals surface area contributed by atoms with E-state index in [0.717, 1.165) is 6.54 Å². The van der Waals surface area contributed by atoms with Crippen molar-refractivity contribution in [2.75, 3.05) is 5.73 Å². The molecule has 0 atom stereocenters. The minimum absolute atomic E-state index is 0.626. The number of rotatable bonds is 10. The lowest BCUT2D eigenvalue weighted by Gasteiger charge is -2.02. The standard InChI is InChI=1S/C14H27N3/c1-2-3-4-5-6-7-8-9-10-12-17-13-11-14(15)16-17/h11,13H,2-10,12H2,1H3,(H2,15,16). The summed E-state index contributed by atoms with van der Waals surface area (Å²) in [4.78, 5) is 0. The lowest BCUT2D eigenvalue weighted by Crippen LogP contribution is -1.99. The van der Waals surface area contributed by atoms with Crippen LogP contribution in [0.4, 0.5) is 5.82 Å². The summed E-state index contributed by atoms with van der Waals surface area (Å²) in [5.74, 6) is 0.626. The number of aromatic nitrogens is 2. The summed E-state index contributed by atoms with van der Waals surface area (Å²) in [6, 6.07) is 1.85. The first-order chi connectivity index (χ1) is 8.33. The molecule has 0 aromatic carbocycles. The Balaban J connectivity index is 1.84. The van der Waals surface area contributed by atoms with E-state index in [1.54, 1.807) is 0 Å². The van der Waals surface area contributed by atoms with Crippen LogP contribution in [-0.2, 0) is 6.54 Å². The van der Waals surface area contributed by atoms with Crippen molar-refractivity contribution in [1.29, 1.82) is 0 Å². The molecule has 0 fully saturated rings. The lowest BCUT2D eigenvalue weighted by atomic mass is 10.1. The van der Waals surface area contributed by atoms with Gasteiger partial charge in [-0.2, -0.15) is 5.10 Å². The van der Waals surface area contributed by atoms with Crippen LogP contribution in [0.15, 0.2) is 12.3 Å². The van der Waals surface area contributed by atoms with E-state index in [1.165, 1.54) is 57.8 Å². The highest BCUT2D eigenvalue weighted by Gasteiger charge is 1.95. The molecule has 0 aliphatic rings. The molecule has 98 valence electrons. The molecule has 0 aliphatic carbocycles. The third-order valence-electron chi connectivity index (χ3n) is 3.15. The van der Waals surface area contributed by atoms with E-state index in [0.29, 0.717) is 5.82 Å². The molecular formula is C14H27N3. The molecule has 0 unspecified atom stereocenters. The summed E-state index contributed by atoms with van der Waals surface area (Å²) < 4.78 is 1.94. The third-order valence-corrected chi connectivity index (χ3v) is 3.15. The molecule has 0 radical (unpaired) electrons. The Hall–Kier alpha value is -0.990. The Labute approximate surface area is 105 Å². The minimum atomic E-state index is 0.626. The van der Waals surface area contributed by atoms with E-state index < -0.39 is 0 Å². The SMILES string of the molecule is CCCCCCCCCCCn1ccc(N)n1. The summed E-state index contributed by atoms with van der Waals surface area (Å²) >= 11 is 0. The molecule has 0 saturated carbocycles. The van der Waals surface area contributed by atoms with Crippen molar-refractivity contribution in [1.82, 2.24) is 9.78 Å². The van der Waals surface area contributed by atoms with Gasteiger partial charge < -0.3 is 5.73 Å². The third kappa shape index (κ3) is 7.03. The van der Waals surface area contributed by atoms with Gasteiger partial charge in [-0.15, -0.1) is 0 Å². The number of unbranched alkanes of at least 4 members (excludes halogenated alkanes) is 8. The van der Waals surface area contributed by atoms with E-state index in [9.17, 15) is 0 Å². The van der Waals surface area contributed by atoms with E-state index in [2.05, 4.69) is 12.0 Å². The van der Waals surface area contributed by atoms with Gasteiger partial charge in [0.25, 0.3) is 0 Å². The molecule has 1 heterocycles. The Kier molecular flexibility index (Phi) is 7.52. The number of anilines is 1. The van der Waals surface area contributed by atoms with E-state index in [-0.39, 0.29) is 0 Å². The van der Waals surface area contributed by atoms with Crippen molar-refractivity contribution >= 4 is 5.82 Å². The number of nitrogen functional groups attached to an aromatic ring is 1. The van der Waals surface area contributed by atoms with E-state index in [1.807, 2.05) is 16.9 Å². The Morgan fingerprint density at radius 2 is 1.59 bits per heavy atom. The number of aryl methyl sites for hydroxylation is 1. The molecule has 2 N–H and O–H groups in total. The predicted octanol–water partition coefficient (Wildman–Crippen LogP) is 4.00. The molecule has 3 heteroatoms. The maximum absolute atomic E-state index is 5.56. The number of nitrogens with zero attached hydrogens (tertiary/aromatic N) is 2. The summed E-state index contributed by atoms with van der Waals surface area (Å²) in [6.45, 7) is 3.27. The number of nitrogens with two attached hydrogens (primary N) is 1. The molecule has 0 bridgehead atoms. The number of hydrogen-bond donors (Lipinski definition) is 1. The molecule has 1 aromatic rings. The van der Waals surface area contributed by atoms with Crippen LogP contribution in [0.25, 0.3) is 0 Å².